The number of hydrogen-bond acceptors (Lipinski definition) is 6. The summed E-state index contributed by atoms with van der Waals surface area (Å²) in [5.41, 5.74) is 0. The SMILES string of the molecule is CCCCN(CC(=O)N1CCNCC1)S(=O)(=O)c1ccc(OC)cc1.O=C(O)C(F)(F)F. The molecule has 0 unspecified atom stereocenters. The van der Waals surface area contributed by atoms with Crippen LogP contribution < -0.4 is 10.1 Å². The predicted octanol–water partition coefficient (Wildman–Crippen LogP) is 1.55. The lowest BCUT2D eigenvalue weighted by molar-refractivity contribution is -0.192. The first-order valence-electron chi connectivity index (χ1n) is 9.86. The van der Waals surface area contributed by atoms with Crippen molar-refractivity contribution in [3.63, 3.8) is 0 Å². The molecule has 182 valence electrons. The molecule has 1 aliphatic heterocycles. The van der Waals surface area contributed by atoms with Gasteiger partial charge >= 0.3 is 12.1 Å². The van der Waals surface area contributed by atoms with E-state index in [4.69, 9.17) is 14.6 Å². The number of piperazine rings is 1. The number of rotatable bonds is 8. The van der Waals surface area contributed by atoms with Gasteiger partial charge in [-0.3, -0.25) is 4.79 Å². The molecule has 0 radical (unpaired) electrons. The summed E-state index contributed by atoms with van der Waals surface area (Å²) < 4.78 is 64.0. The smallest absolute Gasteiger partial charge is 0.490 e. The number of carbonyl (C=O) groups excluding carboxylic acids is 1. The second-order valence-corrected chi connectivity index (χ2v) is 8.74. The number of aliphatic carboxylic acids is 1. The zero-order chi connectivity index (χ0) is 24.4. The Bertz CT molecular complexity index is 841. The standard InChI is InChI=1S/C17H27N3O4S.C2HF3O2/c1-3-4-11-20(14-17(21)19-12-9-18-10-13-19)25(22,23)16-7-5-15(24-2)6-8-16;3-2(4,5)1(6)7/h5-8,18H,3-4,9-14H2,1-2H3;(H,6,7). The number of unbranched alkanes of at least 4 members (excludes halogenated alkanes) is 1. The number of carboxylic acid groups (broad SMARTS) is 1. The predicted molar refractivity (Wildman–Crippen MR) is 110 cm³/mol. The summed E-state index contributed by atoms with van der Waals surface area (Å²) in [5, 5.41) is 10.3. The first-order valence-corrected chi connectivity index (χ1v) is 11.3. The van der Waals surface area contributed by atoms with E-state index in [0.717, 1.165) is 19.5 Å². The molecule has 1 amide bonds. The van der Waals surface area contributed by atoms with E-state index in [0.29, 0.717) is 31.8 Å². The molecule has 9 nitrogen and oxygen atoms in total. The molecule has 0 spiro atoms. The second kappa shape index (κ2) is 12.6. The van der Waals surface area contributed by atoms with E-state index in [1.807, 2.05) is 6.92 Å². The van der Waals surface area contributed by atoms with Crippen molar-refractivity contribution in [2.45, 2.75) is 30.8 Å². The Morgan fingerprint density at radius 1 is 1.19 bits per heavy atom. The Hall–Kier alpha value is -2.38. The van der Waals surface area contributed by atoms with Crippen LogP contribution in [-0.4, -0.2) is 87.2 Å². The van der Waals surface area contributed by atoms with E-state index in [-0.39, 0.29) is 17.3 Å². The molecule has 1 aromatic rings. The number of halogens is 3. The molecule has 2 N–H and O–H groups in total. The molecular weight excluding hydrogens is 455 g/mol. The van der Waals surface area contributed by atoms with Crippen LogP contribution in [0.1, 0.15) is 19.8 Å². The minimum atomic E-state index is -5.08. The molecule has 0 aromatic heterocycles. The molecule has 1 aromatic carbocycles. The van der Waals surface area contributed by atoms with E-state index in [9.17, 15) is 26.4 Å². The van der Waals surface area contributed by atoms with E-state index >= 15 is 0 Å². The summed E-state index contributed by atoms with van der Waals surface area (Å²) in [6.45, 7) is 4.93. The number of sulfonamides is 1. The Kier molecular flexibility index (Phi) is 10.9. The third-order valence-corrected chi connectivity index (χ3v) is 6.34. The molecular formula is C19H28F3N3O6S. The Morgan fingerprint density at radius 3 is 2.16 bits per heavy atom. The fourth-order valence-electron chi connectivity index (χ4n) is 2.68. The maximum atomic E-state index is 13.0. The van der Waals surface area contributed by atoms with Crippen molar-refractivity contribution >= 4 is 21.9 Å². The van der Waals surface area contributed by atoms with E-state index in [1.54, 1.807) is 17.0 Å². The van der Waals surface area contributed by atoms with Crippen molar-refractivity contribution in [3.8, 4) is 5.75 Å². The number of carbonyl (C=O) groups is 2. The molecule has 13 heteroatoms. The van der Waals surface area contributed by atoms with Crippen LogP contribution in [0.25, 0.3) is 0 Å². The van der Waals surface area contributed by atoms with Gasteiger partial charge in [0.2, 0.25) is 15.9 Å². The molecule has 0 atom stereocenters. The van der Waals surface area contributed by atoms with Crippen LogP contribution >= 0.6 is 0 Å². The Balaban J connectivity index is 0.000000633. The zero-order valence-corrected chi connectivity index (χ0v) is 18.7. The number of alkyl halides is 3. The van der Waals surface area contributed by atoms with E-state index in [2.05, 4.69) is 5.32 Å². The van der Waals surface area contributed by atoms with Crippen molar-refractivity contribution in [2.24, 2.45) is 0 Å². The number of hydrogen-bond donors (Lipinski definition) is 2. The van der Waals surface area contributed by atoms with Gasteiger partial charge < -0.3 is 20.1 Å². The van der Waals surface area contributed by atoms with Gasteiger partial charge in [-0.25, -0.2) is 13.2 Å². The van der Waals surface area contributed by atoms with Gasteiger partial charge in [0.1, 0.15) is 5.75 Å². The van der Waals surface area contributed by atoms with Gasteiger partial charge in [-0.1, -0.05) is 13.3 Å². The second-order valence-electron chi connectivity index (χ2n) is 6.80. The first kappa shape index (κ1) is 27.7. The molecule has 0 aliphatic carbocycles. The van der Waals surface area contributed by atoms with Crippen molar-refractivity contribution in [2.75, 3.05) is 46.4 Å². The number of ether oxygens (including phenoxy) is 1. The van der Waals surface area contributed by atoms with Gasteiger partial charge in [-0.2, -0.15) is 17.5 Å². The lowest BCUT2D eigenvalue weighted by Crippen LogP contribution is -2.50. The van der Waals surface area contributed by atoms with Crippen LogP contribution in [0, 0.1) is 0 Å². The van der Waals surface area contributed by atoms with Gasteiger partial charge in [-0.15, -0.1) is 0 Å². The average molecular weight is 484 g/mol. The number of nitrogens with zero attached hydrogens (tertiary/aromatic N) is 2. The summed E-state index contributed by atoms with van der Waals surface area (Å²) in [4.78, 5) is 23.3. The molecule has 0 bridgehead atoms. The zero-order valence-electron chi connectivity index (χ0n) is 17.9. The number of benzene rings is 1. The molecule has 1 heterocycles. The summed E-state index contributed by atoms with van der Waals surface area (Å²) in [6, 6.07) is 6.26. The largest absolute Gasteiger partial charge is 0.497 e. The van der Waals surface area contributed by atoms with Gasteiger partial charge in [0, 0.05) is 32.7 Å². The number of carboxylic acids is 1. The third-order valence-electron chi connectivity index (χ3n) is 4.48. The van der Waals surface area contributed by atoms with Crippen molar-refractivity contribution in [1.29, 1.82) is 0 Å². The maximum absolute atomic E-state index is 13.0. The molecule has 1 saturated heterocycles. The van der Waals surface area contributed by atoms with E-state index < -0.39 is 22.2 Å². The number of nitrogens with one attached hydrogen (secondary N) is 1. The monoisotopic (exact) mass is 483 g/mol. The van der Waals surface area contributed by atoms with Gasteiger partial charge in [0.05, 0.1) is 18.6 Å². The lowest BCUT2D eigenvalue weighted by Gasteiger charge is -2.30. The van der Waals surface area contributed by atoms with Gasteiger partial charge in [0.15, 0.2) is 0 Å². The van der Waals surface area contributed by atoms with Crippen LogP contribution in [0.5, 0.6) is 5.75 Å². The minimum absolute atomic E-state index is 0.117. The van der Waals surface area contributed by atoms with Crippen molar-refractivity contribution in [3.05, 3.63) is 24.3 Å². The lowest BCUT2D eigenvalue weighted by atomic mass is 10.3. The molecule has 0 saturated carbocycles. The molecule has 1 fully saturated rings. The maximum Gasteiger partial charge on any atom is 0.490 e. The Labute approximate surface area is 185 Å². The van der Waals surface area contributed by atoms with Crippen LogP contribution in [-0.2, 0) is 19.6 Å². The molecule has 32 heavy (non-hydrogen) atoms. The molecule has 2 rings (SSSR count). The molecule has 1 aliphatic rings. The summed E-state index contributed by atoms with van der Waals surface area (Å²) in [5.74, 6) is -2.31. The van der Waals surface area contributed by atoms with Gasteiger partial charge in [-0.05, 0) is 30.7 Å². The van der Waals surface area contributed by atoms with Crippen LogP contribution in [0.15, 0.2) is 29.2 Å². The van der Waals surface area contributed by atoms with Crippen molar-refractivity contribution in [1.82, 2.24) is 14.5 Å². The normalized spacial score (nSPS) is 14.5. The Morgan fingerprint density at radius 2 is 1.72 bits per heavy atom. The summed E-state index contributed by atoms with van der Waals surface area (Å²) >= 11 is 0. The van der Waals surface area contributed by atoms with Crippen molar-refractivity contribution < 1.29 is 41.0 Å². The van der Waals surface area contributed by atoms with Crippen LogP contribution in [0.2, 0.25) is 0 Å². The highest BCUT2D eigenvalue weighted by Gasteiger charge is 2.38. The highest BCUT2D eigenvalue weighted by atomic mass is 32.2. The van der Waals surface area contributed by atoms with Crippen LogP contribution in [0.3, 0.4) is 0 Å². The van der Waals surface area contributed by atoms with E-state index in [1.165, 1.54) is 23.5 Å². The summed E-state index contributed by atoms with van der Waals surface area (Å²) in [6.07, 6.45) is -3.51. The minimum Gasteiger partial charge on any atom is -0.497 e. The quantitative estimate of drug-likeness (QED) is 0.576. The van der Waals surface area contributed by atoms with Crippen LogP contribution in [0.4, 0.5) is 13.2 Å². The number of methoxy groups -OCH3 is 1. The highest BCUT2D eigenvalue weighted by Crippen LogP contribution is 2.20. The first-order chi connectivity index (χ1) is 14.9. The fourth-order valence-corrected chi connectivity index (χ4v) is 4.11. The topological polar surface area (TPSA) is 116 Å². The fraction of sp³-hybridized carbons (Fsp3) is 0.579. The average Bonchev–Trinajstić information content (AvgIpc) is 2.76. The third kappa shape index (κ3) is 8.63. The highest BCUT2D eigenvalue weighted by molar-refractivity contribution is 7.89. The number of amides is 1. The summed E-state index contributed by atoms with van der Waals surface area (Å²) in [7, 11) is -2.19. The van der Waals surface area contributed by atoms with Gasteiger partial charge in [0.25, 0.3) is 0 Å².